The molecule has 0 atom stereocenters. The highest BCUT2D eigenvalue weighted by molar-refractivity contribution is 5.75. The third kappa shape index (κ3) is 5.50. The van der Waals surface area contributed by atoms with Crippen LogP contribution in [0.25, 0.3) is 0 Å². The van der Waals surface area contributed by atoms with Gasteiger partial charge in [-0.1, -0.05) is 54.6 Å². The Balaban J connectivity index is 1.45. The van der Waals surface area contributed by atoms with Crippen molar-refractivity contribution in [3.8, 4) is 0 Å². The van der Waals surface area contributed by atoms with Gasteiger partial charge in [-0.15, -0.1) is 5.10 Å². The maximum Gasteiger partial charge on any atom is 0.242 e. The number of hydrogen-bond acceptors (Lipinski definition) is 5. The average Bonchev–Trinajstić information content (AvgIpc) is 3.14. The number of carbonyl (C=O) groups is 1. The quantitative estimate of drug-likeness (QED) is 0.677. The zero-order valence-electron chi connectivity index (χ0n) is 13.7. The van der Waals surface area contributed by atoms with Crippen molar-refractivity contribution < 1.29 is 9.53 Å². The zero-order chi connectivity index (χ0) is 17.3. The van der Waals surface area contributed by atoms with Crippen LogP contribution in [0.2, 0.25) is 0 Å². The number of amides is 1. The first-order valence-corrected chi connectivity index (χ1v) is 7.96. The van der Waals surface area contributed by atoms with E-state index >= 15 is 0 Å². The van der Waals surface area contributed by atoms with Crippen LogP contribution in [-0.2, 0) is 35.8 Å². The minimum absolute atomic E-state index is 0.104. The standard InChI is InChI=1S/C18H19N5O2/c24-18(11-23-14-20-21-22-23)19-10-16-7-4-8-17(9-16)13-25-12-15-5-2-1-3-6-15/h1-9,14H,10-13H2,(H,19,24). The van der Waals surface area contributed by atoms with Crippen LogP contribution >= 0.6 is 0 Å². The highest BCUT2D eigenvalue weighted by Crippen LogP contribution is 2.09. The van der Waals surface area contributed by atoms with E-state index in [9.17, 15) is 4.79 Å². The molecule has 0 saturated heterocycles. The van der Waals surface area contributed by atoms with Gasteiger partial charge in [0.05, 0.1) is 13.2 Å². The van der Waals surface area contributed by atoms with Gasteiger partial charge in [-0.25, -0.2) is 4.68 Å². The second-order valence-electron chi connectivity index (χ2n) is 5.58. The van der Waals surface area contributed by atoms with Crippen molar-refractivity contribution >= 4 is 5.91 Å². The Morgan fingerprint density at radius 2 is 1.76 bits per heavy atom. The number of carbonyl (C=O) groups excluding carboxylic acids is 1. The Kier molecular flexibility index (Phi) is 5.84. The smallest absolute Gasteiger partial charge is 0.242 e. The molecule has 7 nitrogen and oxygen atoms in total. The summed E-state index contributed by atoms with van der Waals surface area (Å²) in [5, 5.41) is 13.5. The number of hydrogen-bond donors (Lipinski definition) is 1. The second kappa shape index (κ2) is 8.70. The van der Waals surface area contributed by atoms with Crippen LogP contribution in [0.15, 0.2) is 60.9 Å². The number of aromatic nitrogens is 4. The summed E-state index contributed by atoms with van der Waals surface area (Å²) in [6.07, 6.45) is 1.41. The van der Waals surface area contributed by atoms with E-state index in [0.29, 0.717) is 19.8 Å². The number of nitrogens with zero attached hydrogens (tertiary/aromatic N) is 4. The lowest BCUT2D eigenvalue weighted by atomic mass is 10.1. The van der Waals surface area contributed by atoms with Crippen LogP contribution in [0.1, 0.15) is 16.7 Å². The van der Waals surface area contributed by atoms with Crippen LogP contribution < -0.4 is 5.32 Å². The molecule has 1 aromatic heterocycles. The number of tetrazole rings is 1. The van der Waals surface area contributed by atoms with Crippen molar-refractivity contribution in [3.63, 3.8) is 0 Å². The van der Waals surface area contributed by atoms with Crippen molar-refractivity contribution in [2.45, 2.75) is 26.3 Å². The van der Waals surface area contributed by atoms with Crippen molar-refractivity contribution in [1.29, 1.82) is 0 Å². The number of benzene rings is 2. The molecule has 0 aliphatic rings. The lowest BCUT2D eigenvalue weighted by Crippen LogP contribution is -2.27. The van der Waals surface area contributed by atoms with Crippen LogP contribution in [0.3, 0.4) is 0 Å². The van der Waals surface area contributed by atoms with Crippen molar-refractivity contribution in [2.24, 2.45) is 0 Å². The summed E-state index contributed by atoms with van der Waals surface area (Å²) in [5.41, 5.74) is 3.24. The zero-order valence-corrected chi connectivity index (χ0v) is 13.7. The van der Waals surface area contributed by atoms with E-state index in [4.69, 9.17) is 4.74 Å². The van der Waals surface area contributed by atoms with Crippen LogP contribution in [0, 0.1) is 0 Å². The fourth-order valence-electron chi connectivity index (χ4n) is 2.35. The molecule has 3 aromatic rings. The number of rotatable bonds is 8. The van der Waals surface area contributed by atoms with Gasteiger partial charge in [-0.2, -0.15) is 0 Å². The lowest BCUT2D eigenvalue weighted by molar-refractivity contribution is -0.122. The summed E-state index contributed by atoms with van der Waals surface area (Å²) in [5.74, 6) is -0.141. The van der Waals surface area contributed by atoms with E-state index in [-0.39, 0.29) is 12.5 Å². The number of nitrogens with one attached hydrogen (secondary N) is 1. The molecule has 1 N–H and O–H groups in total. The minimum Gasteiger partial charge on any atom is -0.372 e. The van der Waals surface area contributed by atoms with Crippen LogP contribution in [0.5, 0.6) is 0 Å². The molecule has 0 bridgehead atoms. The van der Waals surface area contributed by atoms with E-state index in [1.165, 1.54) is 11.0 Å². The monoisotopic (exact) mass is 337 g/mol. The van der Waals surface area contributed by atoms with Crippen molar-refractivity contribution in [1.82, 2.24) is 25.5 Å². The molecule has 0 aliphatic carbocycles. The van der Waals surface area contributed by atoms with Gasteiger partial charge in [0.25, 0.3) is 0 Å². The molecule has 7 heteroatoms. The summed E-state index contributed by atoms with van der Waals surface area (Å²) in [6, 6.07) is 18.0. The molecule has 0 fully saturated rings. The van der Waals surface area contributed by atoms with E-state index in [2.05, 4.69) is 20.8 Å². The molecule has 0 saturated carbocycles. The predicted molar refractivity (Wildman–Crippen MR) is 91.0 cm³/mol. The summed E-state index contributed by atoms with van der Waals surface area (Å²) < 4.78 is 7.12. The van der Waals surface area contributed by atoms with Crippen LogP contribution in [0.4, 0.5) is 0 Å². The molecule has 0 unspecified atom stereocenters. The Bertz CT molecular complexity index is 790. The topological polar surface area (TPSA) is 81.9 Å². The summed E-state index contributed by atoms with van der Waals surface area (Å²) in [7, 11) is 0. The van der Waals surface area contributed by atoms with Gasteiger partial charge in [0.15, 0.2) is 0 Å². The maximum absolute atomic E-state index is 11.8. The molecule has 1 amide bonds. The van der Waals surface area contributed by atoms with Gasteiger partial charge >= 0.3 is 0 Å². The van der Waals surface area contributed by atoms with Crippen molar-refractivity contribution in [3.05, 3.63) is 77.6 Å². The molecule has 128 valence electrons. The Labute approximate surface area is 145 Å². The minimum atomic E-state index is -0.141. The van der Waals surface area contributed by atoms with E-state index in [1.807, 2.05) is 54.6 Å². The normalized spacial score (nSPS) is 10.6. The Morgan fingerprint density at radius 3 is 2.56 bits per heavy atom. The Morgan fingerprint density at radius 1 is 1.00 bits per heavy atom. The van der Waals surface area contributed by atoms with Crippen molar-refractivity contribution in [2.75, 3.05) is 0 Å². The first-order valence-electron chi connectivity index (χ1n) is 7.96. The molecule has 0 aliphatic heterocycles. The van der Waals surface area contributed by atoms with Gasteiger partial charge in [-0.3, -0.25) is 4.79 Å². The largest absolute Gasteiger partial charge is 0.372 e. The molecule has 3 rings (SSSR count). The SMILES string of the molecule is O=C(Cn1cnnn1)NCc1cccc(COCc2ccccc2)c1. The lowest BCUT2D eigenvalue weighted by Gasteiger charge is -2.08. The van der Waals surface area contributed by atoms with Gasteiger partial charge in [0.2, 0.25) is 5.91 Å². The first-order chi connectivity index (χ1) is 12.3. The summed E-state index contributed by atoms with van der Waals surface area (Å²) in [4.78, 5) is 11.8. The molecule has 0 radical (unpaired) electrons. The van der Waals surface area contributed by atoms with Crippen LogP contribution in [-0.4, -0.2) is 26.1 Å². The summed E-state index contributed by atoms with van der Waals surface area (Å²) >= 11 is 0. The Hall–Kier alpha value is -3.06. The van der Waals surface area contributed by atoms with E-state index < -0.39 is 0 Å². The third-order valence-electron chi connectivity index (χ3n) is 3.56. The van der Waals surface area contributed by atoms with E-state index in [0.717, 1.165) is 16.7 Å². The second-order valence-corrected chi connectivity index (χ2v) is 5.58. The fraction of sp³-hybridized carbons (Fsp3) is 0.222. The highest BCUT2D eigenvalue weighted by atomic mass is 16.5. The fourth-order valence-corrected chi connectivity index (χ4v) is 2.35. The van der Waals surface area contributed by atoms with Gasteiger partial charge < -0.3 is 10.1 Å². The van der Waals surface area contributed by atoms with Gasteiger partial charge in [0, 0.05) is 6.54 Å². The van der Waals surface area contributed by atoms with E-state index in [1.54, 1.807) is 0 Å². The molecule has 0 spiro atoms. The first kappa shape index (κ1) is 16.8. The number of ether oxygens (including phenoxy) is 1. The van der Waals surface area contributed by atoms with Gasteiger partial charge in [-0.05, 0) is 27.1 Å². The van der Waals surface area contributed by atoms with Gasteiger partial charge in [0.1, 0.15) is 12.9 Å². The molecule has 1 heterocycles. The predicted octanol–water partition coefficient (Wildman–Crippen LogP) is 1.71. The molecule has 2 aromatic carbocycles. The third-order valence-corrected chi connectivity index (χ3v) is 3.56. The average molecular weight is 337 g/mol. The molecule has 25 heavy (non-hydrogen) atoms. The highest BCUT2D eigenvalue weighted by Gasteiger charge is 2.04. The maximum atomic E-state index is 11.8. The molecular weight excluding hydrogens is 318 g/mol. The summed E-state index contributed by atoms with van der Waals surface area (Å²) in [6.45, 7) is 1.66. The molecular formula is C18H19N5O2.